The normalized spacial score (nSPS) is 23.0. The lowest BCUT2D eigenvalue weighted by atomic mass is 10.1. The van der Waals surface area contributed by atoms with E-state index >= 15 is 0 Å². The molecule has 116 valence electrons. The van der Waals surface area contributed by atoms with Gasteiger partial charge in [-0.15, -0.1) is 0 Å². The van der Waals surface area contributed by atoms with Crippen molar-refractivity contribution in [1.82, 2.24) is 4.90 Å². The van der Waals surface area contributed by atoms with Gasteiger partial charge in [-0.05, 0) is 31.5 Å². The summed E-state index contributed by atoms with van der Waals surface area (Å²) >= 11 is 2.01. The predicted octanol–water partition coefficient (Wildman–Crippen LogP) is 2.73. The molecule has 1 aliphatic heterocycles. The lowest BCUT2D eigenvalue weighted by molar-refractivity contribution is -0.116. The smallest absolute Gasteiger partial charge is 0.225 e. The van der Waals surface area contributed by atoms with Gasteiger partial charge in [0.1, 0.15) is 0 Å². The van der Waals surface area contributed by atoms with Gasteiger partial charge < -0.3 is 11.1 Å². The topological polar surface area (TPSA) is 58.4 Å². The van der Waals surface area contributed by atoms with E-state index in [0.29, 0.717) is 23.4 Å². The van der Waals surface area contributed by atoms with Crippen molar-refractivity contribution < 1.29 is 4.79 Å². The lowest BCUT2D eigenvalue weighted by Crippen LogP contribution is -2.45. The summed E-state index contributed by atoms with van der Waals surface area (Å²) in [7, 11) is 0. The third-order valence-corrected chi connectivity index (χ3v) is 5.51. The highest BCUT2D eigenvalue weighted by Gasteiger charge is 2.25. The van der Waals surface area contributed by atoms with Crippen molar-refractivity contribution in [1.29, 1.82) is 0 Å². The van der Waals surface area contributed by atoms with E-state index in [-0.39, 0.29) is 5.91 Å². The van der Waals surface area contributed by atoms with Gasteiger partial charge in [-0.25, -0.2) is 0 Å². The Labute approximate surface area is 131 Å². The monoisotopic (exact) mass is 307 g/mol. The average molecular weight is 307 g/mol. The molecule has 1 heterocycles. The molecule has 1 saturated heterocycles. The van der Waals surface area contributed by atoms with Crippen molar-refractivity contribution >= 4 is 29.0 Å². The third kappa shape index (κ3) is 4.38. The number of carbonyl (C=O) groups excluding carboxylic acids is 1. The second-order valence-corrected chi connectivity index (χ2v) is 7.21. The van der Waals surface area contributed by atoms with Crippen molar-refractivity contribution in [3.8, 4) is 0 Å². The highest BCUT2D eigenvalue weighted by molar-refractivity contribution is 8.00. The molecule has 0 radical (unpaired) electrons. The maximum absolute atomic E-state index is 12.1. The molecule has 0 aliphatic carbocycles. The fraction of sp³-hybridized carbons (Fsp3) is 0.562. The van der Waals surface area contributed by atoms with Gasteiger partial charge >= 0.3 is 0 Å². The molecule has 1 aromatic carbocycles. The average Bonchev–Trinajstić information content (AvgIpc) is 2.44. The Morgan fingerprint density at radius 2 is 2.24 bits per heavy atom. The number of nitrogens with zero attached hydrogens (tertiary/aromatic N) is 1. The Morgan fingerprint density at radius 3 is 3.00 bits per heavy atom. The minimum absolute atomic E-state index is 0.0572. The molecule has 2 rings (SSSR count). The van der Waals surface area contributed by atoms with E-state index in [9.17, 15) is 4.79 Å². The van der Waals surface area contributed by atoms with Crippen molar-refractivity contribution in [3.05, 3.63) is 23.8 Å². The summed E-state index contributed by atoms with van der Waals surface area (Å²) in [6.07, 6.45) is 0.524. The number of hydrogen-bond acceptors (Lipinski definition) is 4. The maximum Gasteiger partial charge on any atom is 0.225 e. The molecule has 1 fully saturated rings. The van der Waals surface area contributed by atoms with Gasteiger partial charge in [-0.3, -0.25) is 9.69 Å². The Kier molecular flexibility index (Phi) is 5.53. The highest BCUT2D eigenvalue weighted by atomic mass is 32.2. The maximum atomic E-state index is 12.1. The fourth-order valence-corrected chi connectivity index (χ4v) is 3.71. The van der Waals surface area contributed by atoms with Crippen LogP contribution in [0.3, 0.4) is 0 Å². The van der Waals surface area contributed by atoms with E-state index in [1.54, 1.807) is 0 Å². The van der Waals surface area contributed by atoms with Gasteiger partial charge in [0.05, 0.1) is 0 Å². The van der Waals surface area contributed by atoms with Gasteiger partial charge in [0.25, 0.3) is 0 Å². The molecule has 0 spiro atoms. The Balaban J connectivity index is 1.86. The zero-order valence-electron chi connectivity index (χ0n) is 13.1. The van der Waals surface area contributed by atoms with Crippen LogP contribution in [0.4, 0.5) is 11.4 Å². The van der Waals surface area contributed by atoms with Crippen LogP contribution in [0, 0.1) is 6.92 Å². The van der Waals surface area contributed by atoms with Gasteiger partial charge in [0.2, 0.25) is 5.91 Å². The van der Waals surface area contributed by atoms with Crippen LogP contribution in [0.5, 0.6) is 0 Å². The van der Waals surface area contributed by atoms with Crippen molar-refractivity contribution in [2.45, 2.75) is 38.5 Å². The van der Waals surface area contributed by atoms with Gasteiger partial charge in [0.15, 0.2) is 0 Å². The Morgan fingerprint density at radius 1 is 1.48 bits per heavy atom. The van der Waals surface area contributed by atoms with Gasteiger partial charge in [0, 0.05) is 47.9 Å². The molecule has 3 N–H and O–H groups in total. The first-order valence-electron chi connectivity index (χ1n) is 7.49. The quantitative estimate of drug-likeness (QED) is 0.840. The van der Waals surface area contributed by atoms with Gasteiger partial charge in [-0.2, -0.15) is 11.8 Å². The molecule has 0 bridgehead atoms. The number of nitrogen functional groups attached to an aromatic ring is 1. The van der Waals surface area contributed by atoms with E-state index in [4.69, 9.17) is 5.73 Å². The van der Waals surface area contributed by atoms with E-state index < -0.39 is 0 Å². The second-order valence-electron chi connectivity index (χ2n) is 5.73. The number of carbonyl (C=O) groups is 1. The summed E-state index contributed by atoms with van der Waals surface area (Å²) in [5.41, 5.74) is 8.29. The largest absolute Gasteiger partial charge is 0.399 e. The number of nitrogens with one attached hydrogen (secondary N) is 1. The number of hydrogen-bond donors (Lipinski definition) is 2. The van der Waals surface area contributed by atoms with Crippen LogP contribution >= 0.6 is 11.8 Å². The van der Waals surface area contributed by atoms with E-state index in [1.165, 1.54) is 0 Å². The highest BCUT2D eigenvalue weighted by Crippen LogP contribution is 2.24. The molecular weight excluding hydrogens is 282 g/mol. The van der Waals surface area contributed by atoms with Crippen LogP contribution in [0.25, 0.3) is 0 Å². The lowest BCUT2D eigenvalue weighted by Gasteiger charge is -2.37. The molecule has 2 atom stereocenters. The van der Waals surface area contributed by atoms with Crippen LogP contribution in [0.1, 0.15) is 25.8 Å². The number of amides is 1. The fourth-order valence-electron chi connectivity index (χ4n) is 2.54. The standard InChI is InChI=1S/C16H25N3OS/c1-11-4-5-14(17)10-15(11)18-16(20)6-7-19-8-9-21-13(3)12(19)2/h4-5,10,12-13H,6-9,17H2,1-3H3,(H,18,20). The molecular formula is C16H25N3OS. The van der Waals surface area contributed by atoms with Gasteiger partial charge in [-0.1, -0.05) is 13.0 Å². The first kappa shape index (κ1) is 16.2. The van der Waals surface area contributed by atoms with Crippen molar-refractivity contribution in [2.24, 2.45) is 0 Å². The zero-order chi connectivity index (χ0) is 15.4. The minimum Gasteiger partial charge on any atom is -0.399 e. The summed E-state index contributed by atoms with van der Waals surface area (Å²) in [4.78, 5) is 14.5. The minimum atomic E-state index is 0.0572. The predicted molar refractivity (Wildman–Crippen MR) is 91.8 cm³/mol. The first-order chi connectivity index (χ1) is 9.97. The van der Waals surface area contributed by atoms with Crippen LogP contribution < -0.4 is 11.1 Å². The number of rotatable bonds is 4. The van der Waals surface area contributed by atoms with Crippen LogP contribution in [0.2, 0.25) is 0 Å². The molecule has 1 aromatic rings. The molecule has 21 heavy (non-hydrogen) atoms. The molecule has 0 saturated carbocycles. The number of anilines is 2. The molecule has 1 amide bonds. The van der Waals surface area contributed by atoms with Crippen LogP contribution in [-0.4, -0.2) is 40.9 Å². The molecule has 0 aromatic heterocycles. The third-order valence-electron chi connectivity index (χ3n) is 4.18. The summed E-state index contributed by atoms with van der Waals surface area (Å²) < 4.78 is 0. The molecule has 2 unspecified atom stereocenters. The number of nitrogens with two attached hydrogens (primary N) is 1. The van der Waals surface area contributed by atoms with E-state index in [1.807, 2.05) is 36.9 Å². The zero-order valence-corrected chi connectivity index (χ0v) is 13.9. The van der Waals surface area contributed by atoms with Crippen LogP contribution in [0.15, 0.2) is 18.2 Å². The number of aryl methyl sites for hydroxylation is 1. The number of benzene rings is 1. The molecule has 1 aliphatic rings. The van der Waals surface area contributed by atoms with E-state index in [2.05, 4.69) is 24.1 Å². The van der Waals surface area contributed by atoms with E-state index in [0.717, 1.165) is 30.1 Å². The summed E-state index contributed by atoms with van der Waals surface area (Å²) in [6, 6.07) is 6.12. The molecule has 4 nitrogen and oxygen atoms in total. The Hall–Kier alpha value is -1.20. The van der Waals surface area contributed by atoms with Crippen molar-refractivity contribution in [3.63, 3.8) is 0 Å². The summed E-state index contributed by atoms with van der Waals surface area (Å²) in [5.74, 6) is 1.21. The second kappa shape index (κ2) is 7.18. The summed E-state index contributed by atoms with van der Waals surface area (Å²) in [6.45, 7) is 8.37. The Bertz CT molecular complexity index is 506. The summed E-state index contributed by atoms with van der Waals surface area (Å²) in [5, 5.41) is 3.60. The van der Waals surface area contributed by atoms with Crippen molar-refractivity contribution in [2.75, 3.05) is 29.9 Å². The number of thioether (sulfide) groups is 1. The molecule has 5 heteroatoms. The first-order valence-corrected chi connectivity index (χ1v) is 8.54. The van der Waals surface area contributed by atoms with Crippen LogP contribution in [-0.2, 0) is 4.79 Å². The SMILES string of the molecule is Cc1ccc(N)cc1NC(=O)CCN1CCSC(C)C1C.